The lowest BCUT2D eigenvalue weighted by Gasteiger charge is -2.12. The minimum Gasteiger partial charge on any atom is -0.351 e. The molecule has 0 saturated carbocycles. The molecule has 0 aliphatic heterocycles. The average Bonchev–Trinajstić information content (AvgIpc) is 2.54. The molecule has 2 rings (SSSR count). The number of rotatable bonds is 5. The molecule has 0 heterocycles. The van der Waals surface area contributed by atoms with E-state index in [9.17, 15) is 9.59 Å². The zero-order chi connectivity index (χ0) is 16.7. The normalized spacial score (nSPS) is 9.74. The Morgan fingerprint density at radius 2 is 1.91 bits per heavy atom. The molecule has 116 valence electrons. The Morgan fingerprint density at radius 1 is 1.13 bits per heavy atom. The van der Waals surface area contributed by atoms with E-state index in [0.717, 1.165) is 11.1 Å². The second-order valence-corrected chi connectivity index (χ2v) is 5.09. The molecule has 0 spiro atoms. The number of carbonyl (C=O) groups is 2. The Hall–Kier alpha value is -3.13. The van der Waals surface area contributed by atoms with E-state index in [1.807, 2.05) is 43.3 Å². The van der Waals surface area contributed by atoms with Crippen LogP contribution in [0.2, 0.25) is 0 Å². The molecule has 2 amide bonds. The Bertz CT molecular complexity index is 763. The van der Waals surface area contributed by atoms with Crippen LogP contribution in [-0.4, -0.2) is 11.8 Å². The van der Waals surface area contributed by atoms with Crippen molar-refractivity contribution in [2.24, 2.45) is 0 Å². The molecule has 0 radical (unpaired) electrons. The Morgan fingerprint density at radius 3 is 2.65 bits per heavy atom. The minimum atomic E-state index is -0.340. The smallest absolute Gasteiger partial charge is 0.255 e. The molecule has 5 heteroatoms. The van der Waals surface area contributed by atoms with E-state index < -0.39 is 0 Å². The molecule has 2 aromatic carbocycles. The van der Waals surface area contributed by atoms with Gasteiger partial charge in [0.1, 0.15) is 6.42 Å². The lowest BCUT2D eigenvalue weighted by molar-refractivity contribution is -0.120. The third kappa shape index (κ3) is 4.68. The number of nitrogens with zero attached hydrogens (tertiary/aromatic N) is 1. The number of hydrogen-bond donors (Lipinski definition) is 2. The molecular formula is C18H17N3O2. The Labute approximate surface area is 134 Å². The first-order valence-electron chi connectivity index (χ1n) is 7.19. The second kappa shape index (κ2) is 7.76. The van der Waals surface area contributed by atoms with E-state index >= 15 is 0 Å². The maximum absolute atomic E-state index is 12.3. The molecule has 2 N–H and O–H groups in total. The van der Waals surface area contributed by atoms with E-state index in [0.29, 0.717) is 11.3 Å². The number of hydrogen-bond acceptors (Lipinski definition) is 3. The summed E-state index contributed by atoms with van der Waals surface area (Å²) in [6.45, 7) is 2.18. The van der Waals surface area contributed by atoms with Gasteiger partial charge >= 0.3 is 0 Å². The summed E-state index contributed by atoms with van der Waals surface area (Å²) in [7, 11) is 0. The maximum Gasteiger partial charge on any atom is 0.255 e. The van der Waals surface area contributed by atoms with Gasteiger partial charge in [-0.3, -0.25) is 9.59 Å². The van der Waals surface area contributed by atoms with E-state index in [1.54, 1.807) is 18.2 Å². The summed E-state index contributed by atoms with van der Waals surface area (Å²) in [5, 5.41) is 14.0. The van der Waals surface area contributed by atoms with Gasteiger partial charge < -0.3 is 10.6 Å². The number of aryl methyl sites for hydroxylation is 1. The average molecular weight is 307 g/mol. The summed E-state index contributed by atoms with van der Waals surface area (Å²) in [6, 6.07) is 16.3. The highest BCUT2D eigenvalue weighted by molar-refractivity contribution is 6.04. The molecule has 0 aliphatic rings. The third-order valence-corrected chi connectivity index (χ3v) is 3.26. The van der Waals surface area contributed by atoms with Gasteiger partial charge in [0.25, 0.3) is 5.91 Å². The van der Waals surface area contributed by atoms with Crippen LogP contribution >= 0.6 is 0 Å². The van der Waals surface area contributed by atoms with Gasteiger partial charge in [-0.05, 0) is 30.7 Å². The SMILES string of the molecule is Cc1cccc(C(=O)Nc2ccccc2CNC(=O)CC#N)c1. The first kappa shape index (κ1) is 16.2. The monoisotopic (exact) mass is 307 g/mol. The standard InChI is InChI=1S/C18H17N3O2/c1-13-5-4-7-14(11-13)18(23)21-16-8-3-2-6-15(16)12-20-17(22)9-10-19/h2-8,11H,9,12H2,1H3,(H,20,22)(H,21,23). The minimum absolute atomic E-state index is 0.183. The van der Waals surface area contributed by atoms with Crippen molar-refractivity contribution in [2.75, 3.05) is 5.32 Å². The van der Waals surface area contributed by atoms with E-state index in [2.05, 4.69) is 10.6 Å². The van der Waals surface area contributed by atoms with Crippen molar-refractivity contribution < 1.29 is 9.59 Å². The zero-order valence-corrected chi connectivity index (χ0v) is 12.8. The fourth-order valence-corrected chi connectivity index (χ4v) is 2.11. The van der Waals surface area contributed by atoms with Crippen LogP contribution in [0.3, 0.4) is 0 Å². The van der Waals surface area contributed by atoms with Gasteiger partial charge in [0.2, 0.25) is 5.91 Å². The summed E-state index contributed by atoms with van der Waals surface area (Å²) in [5.41, 5.74) is 3.00. The highest BCUT2D eigenvalue weighted by atomic mass is 16.2. The highest BCUT2D eigenvalue weighted by Gasteiger charge is 2.09. The number of nitriles is 1. The molecule has 0 unspecified atom stereocenters. The van der Waals surface area contributed by atoms with Crippen molar-refractivity contribution in [2.45, 2.75) is 19.9 Å². The van der Waals surface area contributed by atoms with E-state index in [1.165, 1.54) is 0 Å². The van der Waals surface area contributed by atoms with Crippen molar-refractivity contribution >= 4 is 17.5 Å². The molecule has 0 atom stereocenters. The van der Waals surface area contributed by atoms with Crippen molar-refractivity contribution in [3.8, 4) is 6.07 Å². The fourth-order valence-electron chi connectivity index (χ4n) is 2.11. The predicted octanol–water partition coefficient (Wildman–Crippen LogP) is 2.78. The van der Waals surface area contributed by atoms with Gasteiger partial charge in [-0.2, -0.15) is 5.26 Å². The van der Waals surface area contributed by atoms with Gasteiger partial charge in [-0.25, -0.2) is 0 Å². The number of anilines is 1. The van der Waals surface area contributed by atoms with Gasteiger partial charge in [-0.1, -0.05) is 35.9 Å². The second-order valence-electron chi connectivity index (χ2n) is 5.09. The fraction of sp³-hybridized carbons (Fsp3) is 0.167. The molecule has 0 fully saturated rings. The first-order valence-corrected chi connectivity index (χ1v) is 7.19. The Kier molecular flexibility index (Phi) is 5.48. The van der Waals surface area contributed by atoms with Crippen molar-refractivity contribution in [3.05, 3.63) is 65.2 Å². The topological polar surface area (TPSA) is 82.0 Å². The largest absolute Gasteiger partial charge is 0.351 e. The zero-order valence-electron chi connectivity index (χ0n) is 12.8. The molecule has 2 aromatic rings. The number of amides is 2. The predicted molar refractivity (Wildman–Crippen MR) is 87.7 cm³/mol. The molecule has 23 heavy (non-hydrogen) atoms. The van der Waals surface area contributed by atoms with E-state index in [-0.39, 0.29) is 24.8 Å². The van der Waals surface area contributed by atoms with Crippen molar-refractivity contribution in [1.29, 1.82) is 5.26 Å². The van der Waals surface area contributed by atoms with Gasteiger partial charge in [0.05, 0.1) is 6.07 Å². The number of para-hydroxylation sites is 1. The van der Waals surface area contributed by atoms with Crippen LogP contribution in [0.15, 0.2) is 48.5 Å². The number of benzene rings is 2. The first-order chi connectivity index (χ1) is 11.1. The van der Waals surface area contributed by atoms with Gasteiger partial charge in [0, 0.05) is 17.8 Å². The van der Waals surface area contributed by atoms with Crippen LogP contribution in [0.4, 0.5) is 5.69 Å². The van der Waals surface area contributed by atoms with Crippen LogP contribution in [0.25, 0.3) is 0 Å². The number of nitrogens with one attached hydrogen (secondary N) is 2. The third-order valence-electron chi connectivity index (χ3n) is 3.26. The summed E-state index contributed by atoms with van der Waals surface area (Å²) < 4.78 is 0. The molecule has 0 saturated heterocycles. The highest BCUT2D eigenvalue weighted by Crippen LogP contribution is 2.16. The van der Waals surface area contributed by atoms with E-state index in [4.69, 9.17) is 5.26 Å². The quantitative estimate of drug-likeness (QED) is 0.891. The molecule has 5 nitrogen and oxygen atoms in total. The van der Waals surface area contributed by atoms with Crippen LogP contribution in [0, 0.1) is 18.3 Å². The van der Waals surface area contributed by atoms with Crippen LogP contribution < -0.4 is 10.6 Å². The van der Waals surface area contributed by atoms with Crippen LogP contribution in [0.5, 0.6) is 0 Å². The van der Waals surface area contributed by atoms with Crippen LogP contribution in [-0.2, 0) is 11.3 Å². The van der Waals surface area contributed by atoms with Crippen molar-refractivity contribution in [3.63, 3.8) is 0 Å². The van der Waals surface area contributed by atoms with Gasteiger partial charge in [-0.15, -0.1) is 0 Å². The molecule has 0 aliphatic carbocycles. The molecule has 0 aromatic heterocycles. The summed E-state index contributed by atoms with van der Waals surface area (Å²) in [5.74, 6) is -0.545. The molecule has 0 bridgehead atoms. The summed E-state index contributed by atoms with van der Waals surface area (Å²) in [4.78, 5) is 23.7. The lowest BCUT2D eigenvalue weighted by Crippen LogP contribution is -2.23. The van der Waals surface area contributed by atoms with Crippen LogP contribution in [0.1, 0.15) is 27.9 Å². The molecular weight excluding hydrogens is 290 g/mol. The summed E-state index contributed by atoms with van der Waals surface area (Å²) >= 11 is 0. The Balaban J connectivity index is 2.09. The lowest BCUT2D eigenvalue weighted by atomic mass is 10.1. The van der Waals surface area contributed by atoms with Crippen molar-refractivity contribution in [1.82, 2.24) is 5.32 Å². The number of carbonyl (C=O) groups excluding carboxylic acids is 2. The summed E-state index contributed by atoms with van der Waals surface area (Å²) in [6.07, 6.45) is -0.183. The maximum atomic E-state index is 12.3. The van der Waals surface area contributed by atoms with Gasteiger partial charge in [0.15, 0.2) is 0 Å².